The molecule has 1 aliphatic rings. The van der Waals surface area contributed by atoms with E-state index < -0.39 is 5.97 Å². The molecule has 1 heterocycles. The number of aryl methyl sites for hydroxylation is 2. The van der Waals surface area contributed by atoms with Gasteiger partial charge < -0.3 is 5.11 Å². The van der Waals surface area contributed by atoms with Gasteiger partial charge in [0.25, 0.3) is 5.82 Å². The van der Waals surface area contributed by atoms with Gasteiger partial charge in [0.2, 0.25) is 0 Å². The van der Waals surface area contributed by atoms with E-state index in [0.717, 1.165) is 37.1 Å². The number of carboxylic acid groups (broad SMARTS) is 1. The van der Waals surface area contributed by atoms with Crippen LogP contribution >= 0.6 is 0 Å². The highest BCUT2D eigenvalue weighted by Gasteiger charge is 2.16. The van der Waals surface area contributed by atoms with Gasteiger partial charge in [-0.3, -0.25) is 0 Å². The van der Waals surface area contributed by atoms with Crippen molar-refractivity contribution < 1.29 is 9.90 Å². The fraction of sp³-hybridized carbons (Fsp3) is 0.500. The lowest BCUT2D eigenvalue weighted by molar-refractivity contribution is 0.0681. The summed E-state index contributed by atoms with van der Waals surface area (Å²) in [6.45, 7) is 0. The van der Waals surface area contributed by atoms with Crippen molar-refractivity contribution in [3.8, 4) is 0 Å². The highest BCUT2D eigenvalue weighted by atomic mass is 16.4. The van der Waals surface area contributed by atoms with Gasteiger partial charge in [-0.05, 0) is 25.7 Å². The smallest absolute Gasteiger partial charge is 0.375 e. The standard InChI is InChI=1S/C8H9N3O2/c12-8(13)7-9-5-3-1-2-4-6(5)10-11-7/h1-4H2,(H,12,13). The van der Waals surface area contributed by atoms with Crippen LogP contribution < -0.4 is 0 Å². The Morgan fingerprint density at radius 3 is 2.54 bits per heavy atom. The predicted molar refractivity (Wildman–Crippen MR) is 43.4 cm³/mol. The van der Waals surface area contributed by atoms with Crippen molar-refractivity contribution in [2.75, 3.05) is 0 Å². The van der Waals surface area contributed by atoms with Crippen LogP contribution in [0.15, 0.2) is 0 Å². The van der Waals surface area contributed by atoms with E-state index in [0.29, 0.717) is 0 Å². The summed E-state index contributed by atoms with van der Waals surface area (Å²) >= 11 is 0. The Bertz CT molecular complexity index is 351. The van der Waals surface area contributed by atoms with E-state index in [-0.39, 0.29) is 5.82 Å². The van der Waals surface area contributed by atoms with Gasteiger partial charge in [0.15, 0.2) is 0 Å². The molecule has 0 amide bonds. The zero-order valence-corrected chi connectivity index (χ0v) is 7.03. The van der Waals surface area contributed by atoms with Crippen LogP contribution in [0, 0.1) is 0 Å². The van der Waals surface area contributed by atoms with E-state index in [2.05, 4.69) is 15.2 Å². The topological polar surface area (TPSA) is 76.0 Å². The molecule has 0 saturated heterocycles. The van der Waals surface area contributed by atoms with E-state index in [1.54, 1.807) is 0 Å². The fourth-order valence-electron chi connectivity index (χ4n) is 1.45. The number of hydrogen-bond donors (Lipinski definition) is 1. The molecule has 0 atom stereocenters. The van der Waals surface area contributed by atoms with Crippen molar-refractivity contribution >= 4 is 5.97 Å². The lowest BCUT2D eigenvalue weighted by atomic mass is 10.0. The van der Waals surface area contributed by atoms with Gasteiger partial charge in [-0.15, -0.1) is 5.10 Å². The summed E-state index contributed by atoms with van der Waals surface area (Å²) in [7, 11) is 0. The van der Waals surface area contributed by atoms with Crippen molar-refractivity contribution in [2.45, 2.75) is 25.7 Å². The molecule has 0 unspecified atom stereocenters. The first-order valence-electron chi connectivity index (χ1n) is 4.23. The van der Waals surface area contributed by atoms with Gasteiger partial charge in [0.05, 0.1) is 11.4 Å². The lowest BCUT2D eigenvalue weighted by Crippen LogP contribution is -2.14. The molecule has 0 radical (unpaired) electrons. The minimum Gasteiger partial charge on any atom is -0.475 e. The summed E-state index contributed by atoms with van der Waals surface area (Å²) in [5.41, 5.74) is 1.66. The Kier molecular flexibility index (Phi) is 1.92. The third-order valence-corrected chi connectivity index (χ3v) is 2.11. The van der Waals surface area contributed by atoms with Crippen LogP contribution in [-0.4, -0.2) is 26.3 Å². The molecule has 13 heavy (non-hydrogen) atoms. The minimum absolute atomic E-state index is 0.194. The molecule has 1 aliphatic carbocycles. The summed E-state index contributed by atoms with van der Waals surface area (Å²) in [6.07, 6.45) is 3.85. The first-order chi connectivity index (χ1) is 6.27. The molecular weight excluding hydrogens is 170 g/mol. The Morgan fingerprint density at radius 2 is 1.85 bits per heavy atom. The Balaban J connectivity index is 2.40. The molecular formula is C8H9N3O2. The number of hydrogen-bond acceptors (Lipinski definition) is 4. The Hall–Kier alpha value is -1.52. The largest absolute Gasteiger partial charge is 0.475 e. The number of fused-ring (bicyclic) bond motifs is 1. The average molecular weight is 179 g/mol. The summed E-state index contributed by atoms with van der Waals surface area (Å²) in [4.78, 5) is 14.5. The number of carbonyl (C=O) groups is 1. The van der Waals surface area contributed by atoms with Crippen LogP contribution in [0.3, 0.4) is 0 Å². The molecule has 0 spiro atoms. The lowest BCUT2D eigenvalue weighted by Gasteiger charge is -2.11. The zero-order chi connectivity index (χ0) is 9.26. The van der Waals surface area contributed by atoms with E-state index in [1.165, 1.54) is 0 Å². The summed E-state index contributed by atoms with van der Waals surface area (Å²) in [5.74, 6) is -1.30. The van der Waals surface area contributed by atoms with Crippen LogP contribution in [0.2, 0.25) is 0 Å². The van der Waals surface area contributed by atoms with Crippen LogP contribution in [0.4, 0.5) is 0 Å². The van der Waals surface area contributed by atoms with Crippen LogP contribution in [0.5, 0.6) is 0 Å². The van der Waals surface area contributed by atoms with Gasteiger partial charge in [-0.25, -0.2) is 9.78 Å². The predicted octanol–water partition coefficient (Wildman–Crippen LogP) is 0.449. The molecule has 1 N–H and O–H groups in total. The Labute approximate surface area is 74.8 Å². The second kappa shape index (κ2) is 3.08. The van der Waals surface area contributed by atoms with Gasteiger partial charge in [0.1, 0.15) is 0 Å². The van der Waals surface area contributed by atoms with Crippen LogP contribution in [0.1, 0.15) is 34.8 Å². The minimum atomic E-state index is -1.11. The zero-order valence-electron chi connectivity index (χ0n) is 7.03. The van der Waals surface area contributed by atoms with Gasteiger partial charge in [0, 0.05) is 0 Å². The number of aromatic carboxylic acids is 1. The highest BCUT2D eigenvalue weighted by molar-refractivity contribution is 5.82. The highest BCUT2D eigenvalue weighted by Crippen LogP contribution is 2.15. The number of rotatable bonds is 1. The van der Waals surface area contributed by atoms with Gasteiger partial charge in [-0.1, -0.05) is 0 Å². The van der Waals surface area contributed by atoms with Crippen LogP contribution in [-0.2, 0) is 12.8 Å². The van der Waals surface area contributed by atoms with E-state index in [1.807, 2.05) is 0 Å². The van der Waals surface area contributed by atoms with Crippen molar-refractivity contribution in [3.05, 3.63) is 17.2 Å². The van der Waals surface area contributed by atoms with Gasteiger partial charge >= 0.3 is 5.97 Å². The quantitative estimate of drug-likeness (QED) is 0.677. The second-order valence-electron chi connectivity index (χ2n) is 3.04. The van der Waals surface area contributed by atoms with Crippen molar-refractivity contribution in [3.63, 3.8) is 0 Å². The molecule has 0 saturated carbocycles. The number of nitrogens with zero attached hydrogens (tertiary/aromatic N) is 3. The third kappa shape index (κ3) is 1.49. The Morgan fingerprint density at radius 1 is 1.15 bits per heavy atom. The summed E-state index contributed by atoms with van der Waals surface area (Å²) in [5, 5.41) is 16.0. The third-order valence-electron chi connectivity index (χ3n) is 2.11. The van der Waals surface area contributed by atoms with Crippen molar-refractivity contribution in [1.82, 2.24) is 15.2 Å². The maximum Gasteiger partial charge on any atom is 0.375 e. The number of aromatic nitrogens is 3. The molecule has 5 nitrogen and oxygen atoms in total. The molecule has 0 aliphatic heterocycles. The average Bonchev–Trinajstić information content (AvgIpc) is 2.17. The first kappa shape index (κ1) is 8.10. The molecule has 0 fully saturated rings. The summed E-state index contributed by atoms with van der Waals surface area (Å²) in [6, 6.07) is 0. The van der Waals surface area contributed by atoms with E-state index >= 15 is 0 Å². The summed E-state index contributed by atoms with van der Waals surface area (Å²) < 4.78 is 0. The second-order valence-corrected chi connectivity index (χ2v) is 3.04. The SMILES string of the molecule is O=C(O)c1nnc2c(n1)CCCC2. The number of carboxylic acids is 1. The molecule has 0 bridgehead atoms. The molecule has 1 aromatic rings. The molecule has 68 valence electrons. The van der Waals surface area contributed by atoms with Crippen molar-refractivity contribution in [2.24, 2.45) is 0 Å². The van der Waals surface area contributed by atoms with Crippen molar-refractivity contribution in [1.29, 1.82) is 0 Å². The van der Waals surface area contributed by atoms with E-state index in [4.69, 9.17) is 5.11 Å². The molecule has 2 rings (SSSR count). The van der Waals surface area contributed by atoms with E-state index in [9.17, 15) is 4.79 Å². The fourth-order valence-corrected chi connectivity index (χ4v) is 1.45. The maximum atomic E-state index is 10.5. The maximum absolute atomic E-state index is 10.5. The monoisotopic (exact) mass is 179 g/mol. The molecule has 1 aromatic heterocycles. The molecule has 0 aromatic carbocycles. The van der Waals surface area contributed by atoms with Gasteiger partial charge in [-0.2, -0.15) is 5.10 Å². The normalized spacial score (nSPS) is 15.1. The molecule has 5 heteroatoms. The van der Waals surface area contributed by atoms with Crippen LogP contribution in [0.25, 0.3) is 0 Å². The first-order valence-corrected chi connectivity index (χ1v) is 4.23.